The number of unbranched alkanes of at least 4 members (excludes halogenated alkanes) is 25. The van der Waals surface area contributed by atoms with Crippen LogP contribution in [-0.2, 0) is 80.0 Å². The van der Waals surface area contributed by atoms with Crippen molar-refractivity contribution in [2.75, 3.05) is 46.2 Å². The molecule has 0 aromatic carbocycles. The molecule has 1 aliphatic carbocycles. The van der Waals surface area contributed by atoms with E-state index < -0.39 is 262 Å². The van der Waals surface area contributed by atoms with Crippen molar-refractivity contribution < 1.29 is 187 Å². The molecular formula is C72H131O38P. The summed E-state index contributed by atoms with van der Waals surface area (Å²) < 4.78 is 92.9. The minimum Gasteiger partial charge on any atom is -0.462 e. The minimum absolute atomic E-state index is 0.0147. The van der Waals surface area contributed by atoms with Gasteiger partial charge >= 0.3 is 19.8 Å². The molecule has 0 amide bonds. The third-order valence-corrected chi connectivity index (χ3v) is 22.2. The van der Waals surface area contributed by atoms with Gasteiger partial charge in [-0.2, -0.15) is 0 Å². The van der Waals surface area contributed by atoms with Gasteiger partial charge in [-0.3, -0.25) is 18.6 Å². The summed E-state index contributed by atoms with van der Waals surface area (Å²) in [6, 6.07) is 0. The monoisotopic (exact) mass is 1630 g/mol. The number of carbonyl (C=O) groups excluding carboxylic acids is 2. The predicted molar refractivity (Wildman–Crippen MR) is 380 cm³/mol. The second kappa shape index (κ2) is 50.7. The van der Waals surface area contributed by atoms with Crippen molar-refractivity contribution in [1.29, 1.82) is 0 Å². The van der Waals surface area contributed by atoms with Gasteiger partial charge in [-0.15, -0.1) is 0 Å². The van der Waals surface area contributed by atoms with Crippen molar-refractivity contribution in [3.05, 3.63) is 0 Å². The average Bonchev–Trinajstić information content (AvgIpc) is 0.770. The lowest BCUT2D eigenvalue weighted by atomic mass is 9.84. The van der Waals surface area contributed by atoms with Gasteiger partial charge in [0.05, 0.1) is 39.6 Å². The number of rotatable bonds is 52. The van der Waals surface area contributed by atoms with Crippen molar-refractivity contribution in [2.24, 2.45) is 0 Å². The van der Waals surface area contributed by atoms with Crippen LogP contribution in [0, 0.1) is 0 Å². The number of esters is 2. The predicted octanol–water partition coefficient (Wildman–Crippen LogP) is -2.76. The van der Waals surface area contributed by atoms with Gasteiger partial charge < -0.3 is 164 Å². The van der Waals surface area contributed by atoms with E-state index in [1.807, 2.05) is 0 Å². The van der Waals surface area contributed by atoms with E-state index in [1.165, 1.54) is 83.5 Å². The summed E-state index contributed by atoms with van der Waals surface area (Å²) >= 11 is 0. The van der Waals surface area contributed by atoms with E-state index in [-0.39, 0.29) is 12.8 Å². The molecule has 5 saturated heterocycles. The first-order valence-electron chi connectivity index (χ1n) is 39.9. The maximum absolute atomic E-state index is 14.5. The van der Waals surface area contributed by atoms with Crippen LogP contribution >= 0.6 is 7.82 Å². The van der Waals surface area contributed by atoms with Crippen molar-refractivity contribution in [2.45, 2.75) is 396 Å². The fourth-order valence-electron chi connectivity index (χ4n) is 14.1. The zero-order valence-electron chi connectivity index (χ0n) is 63.7. The van der Waals surface area contributed by atoms with Gasteiger partial charge in [-0.1, -0.05) is 174 Å². The summed E-state index contributed by atoms with van der Waals surface area (Å²) in [5.74, 6) is -1.47. The first-order chi connectivity index (χ1) is 53.0. The molecular weight excluding hydrogens is 1500 g/mol. The summed E-state index contributed by atoms with van der Waals surface area (Å²) in [4.78, 5) is 38.3. The number of hydrogen-bond acceptors (Lipinski definition) is 37. The Kier molecular flexibility index (Phi) is 44.6. The number of aliphatic hydroxyl groups excluding tert-OH is 20. The van der Waals surface area contributed by atoms with Crippen LogP contribution in [0.3, 0.4) is 0 Å². The minimum atomic E-state index is -5.85. The van der Waals surface area contributed by atoms with Gasteiger partial charge in [-0.05, 0) is 12.8 Å². The Labute approximate surface area is 647 Å². The normalized spacial score (nSPS) is 38.4. The lowest BCUT2D eigenvalue weighted by Gasteiger charge is -2.49. The average molecular weight is 1640 g/mol. The molecule has 33 atom stereocenters. The van der Waals surface area contributed by atoms with Gasteiger partial charge in [0, 0.05) is 12.8 Å². The first-order valence-corrected chi connectivity index (χ1v) is 41.4. The number of aliphatic hydroxyl groups is 20. The van der Waals surface area contributed by atoms with Crippen LogP contribution in [0.5, 0.6) is 0 Å². The molecule has 1 saturated carbocycles. The fourth-order valence-corrected chi connectivity index (χ4v) is 15.1. The Morgan fingerprint density at radius 3 is 0.928 bits per heavy atom. The quantitative estimate of drug-likeness (QED) is 0.0167. The van der Waals surface area contributed by atoms with E-state index in [9.17, 15) is 121 Å². The van der Waals surface area contributed by atoms with Crippen LogP contribution in [0.4, 0.5) is 0 Å². The van der Waals surface area contributed by atoms with Crippen LogP contribution in [-0.4, -0.2) is 361 Å². The van der Waals surface area contributed by atoms with E-state index in [2.05, 4.69) is 13.8 Å². The highest BCUT2D eigenvalue weighted by Crippen LogP contribution is 2.49. The van der Waals surface area contributed by atoms with Gasteiger partial charge in [0.15, 0.2) is 37.6 Å². The molecule has 0 bridgehead atoms. The summed E-state index contributed by atoms with van der Waals surface area (Å²) in [5, 5.41) is 217. The highest BCUT2D eigenvalue weighted by molar-refractivity contribution is 7.47. The molecule has 39 heteroatoms. The molecule has 6 aliphatic rings. The second-order valence-electron chi connectivity index (χ2n) is 30.1. The van der Waals surface area contributed by atoms with Crippen LogP contribution in [0.1, 0.15) is 200 Å². The van der Waals surface area contributed by atoms with Gasteiger partial charge in [0.25, 0.3) is 0 Å². The molecule has 0 radical (unpaired) electrons. The number of ether oxygens (including phenoxy) is 12. The smallest absolute Gasteiger partial charge is 0.462 e. The summed E-state index contributed by atoms with van der Waals surface area (Å²) in [7, 11) is -5.85. The number of hydrogen-bond donors (Lipinski definition) is 21. The van der Waals surface area contributed by atoms with Gasteiger partial charge in [0.1, 0.15) is 165 Å². The van der Waals surface area contributed by atoms with Crippen molar-refractivity contribution in [1.82, 2.24) is 0 Å². The summed E-state index contributed by atoms with van der Waals surface area (Å²) in [6.45, 7) is -1.90. The fraction of sp³-hybridized carbons (Fsp3) is 0.972. The second-order valence-corrected chi connectivity index (χ2v) is 31.5. The van der Waals surface area contributed by atoms with E-state index in [1.54, 1.807) is 0 Å². The molecule has 14 unspecified atom stereocenters. The van der Waals surface area contributed by atoms with Crippen LogP contribution < -0.4 is 0 Å². The zero-order valence-corrected chi connectivity index (χ0v) is 64.6. The number of phosphoric acid groups is 1. The van der Waals surface area contributed by atoms with Crippen LogP contribution in [0.15, 0.2) is 0 Å². The molecule has 6 rings (SSSR count). The Bertz CT molecular complexity index is 2580. The molecule has 111 heavy (non-hydrogen) atoms. The molecule has 0 aromatic heterocycles. The topological polar surface area (TPSA) is 605 Å². The summed E-state index contributed by atoms with van der Waals surface area (Å²) in [5.41, 5.74) is 0. The molecule has 652 valence electrons. The van der Waals surface area contributed by atoms with E-state index in [0.29, 0.717) is 19.3 Å². The highest BCUT2D eigenvalue weighted by Gasteiger charge is 2.59. The first kappa shape index (κ1) is 97.7. The number of carbonyl (C=O) groups is 2. The zero-order chi connectivity index (χ0) is 81.5. The van der Waals surface area contributed by atoms with Crippen molar-refractivity contribution in [3.63, 3.8) is 0 Å². The van der Waals surface area contributed by atoms with Crippen LogP contribution in [0.25, 0.3) is 0 Å². The largest absolute Gasteiger partial charge is 0.472 e. The molecule has 6 fully saturated rings. The van der Waals surface area contributed by atoms with E-state index in [4.69, 9.17) is 65.9 Å². The molecule has 0 spiro atoms. The lowest BCUT2D eigenvalue weighted by Crippen LogP contribution is -2.69. The third-order valence-electron chi connectivity index (χ3n) is 21.2. The lowest BCUT2D eigenvalue weighted by molar-refractivity contribution is -0.365. The number of phosphoric ester groups is 1. The van der Waals surface area contributed by atoms with Crippen molar-refractivity contribution in [3.8, 4) is 0 Å². The third kappa shape index (κ3) is 30.3. The molecule has 21 N–H and O–H groups in total. The summed E-state index contributed by atoms with van der Waals surface area (Å²) in [6.07, 6.45) is -37.9. The molecule has 5 aliphatic heterocycles. The SMILES string of the molecule is CCCCCCCCCCCCCCCCCCC(=O)OC[C@H](COP(=O)(O)O[C@@H]1C(O[C@@H]2OC(CO[C@@H]3OC(CO[C@@H]4OC(CO[C@@H]5OC(CO)[C@H](O)C(O)[C@@H]5O)[C@H](O)C(O)[C@@H]4O)[C@H](O)C(O)[C@@H]3O)[C@H](O)C(O)[C@@H]2O)C(O)[C@@H](O)C(O)[C@H]1O[C@H]1OC(CO)[C@@H](O)C(O)[C@H]1O)OC(=O)CCCCCCCCCCCCC. The maximum atomic E-state index is 14.5. The Hall–Kier alpha value is -2.15. The molecule has 0 aromatic rings. The Balaban J connectivity index is 1.13. The highest BCUT2D eigenvalue weighted by atomic mass is 31.2. The maximum Gasteiger partial charge on any atom is 0.472 e. The standard InChI is InChI=1S/C72H131O38P/c1-3-5-7-9-11-13-15-16-17-18-19-21-22-24-26-28-30-45(75)97-34-39(102-46(76)31-29-27-25-23-20-14-12-10-8-6-4-2)35-101-111(95,96)110-67-65(108-71-63(93)53(83)48(78)41(33-74)104-71)58(88)57(87)59(89)66(67)109-72-64(94)56(86)51(81)44(107-72)38-100-70-62(92)55(85)50(80)43(106-70)37-99-69-61(91)54(84)49(79)42(105-69)36-98-68-60(90)52(82)47(77)40(32-73)103-68/h39-44,47-74,77-94H,3-38H2,1-2H3,(H,95,96)/t39-,40?,41?,42?,43?,44?,47+,48-,49+,50+,51+,52?,53?,54?,55?,56?,57+,58?,59?,60+,61+,62+,63-,64+,65-,66?,67+,68-,69-,70-,71-,72+/m1/s1. The van der Waals surface area contributed by atoms with Gasteiger partial charge in [-0.25, -0.2) is 4.57 Å². The van der Waals surface area contributed by atoms with E-state index >= 15 is 0 Å². The molecule has 5 heterocycles. The Morgan fingerprint density at radius 1 is 0.324 bits per heavy atom. The van der Waals surface area contributed by atoms with Gasteiger partial charge in [0.2, 0.25) is 0 Å². The van der Waals surface area contributed by atoms with Crippen molar-refractivity contribution >= 4 is 19.8 Å². The van der Waals surface area contributed by atoms with E-state index in [0.717, 1.165) is 70.6 Å². The Morgan fingerprint density at radius 2 is 0.595 bits per heavy atom. The molecule has 38 nitrogen and oxygen atoms in total. The van der Waals surface area contributed by atoms with Crippen LogP contribution in [0.2, 0.25) is 0 Å².